The molecule has 0 saturated carbocycles. The van der Waals surface area contributed by atoms with Crippen molar-refractivity contribution in [2.75, 3.05) is 11.9 Å². The molecule has 7 nitrogen and oxygen atoms in total. The van der Waals surface area contributed by atoms with E-state index in [0.29, 0.717) is 23.0 Å². The summed E-state index contributed by atoms with van der Waals surface area (Å²) in [5.41, 5.74) is 0.908. The van der Waals surface area contributed by atoms with Gasteiger partial charge in [-0.3, -0.25) is 0 Å². The maximum absolute atomic E-state index is 11.8. The normalized spacial score (nSPS) is 11.5. The summed E-state index contributed by atoms with van der Waals surface area (Å²) in [4.78, 5) is 24.8. The minimum absolute atomic E-state index is 0.144. The second-order valence-corrected chi connectivity index (χ2v) is 5.48. The molecule has 1 unspecified atom stereocenters. The monoisotopic (exact) mass is 317 g/mol. The van der Waals surface area contributed by atoms with E-state index < -0.39 is 0 Å². The first kappa shape index (κ1) is 15.9. The van der Waals surface area contributed by atoms with E-state index >= 15 is 0 Å². The molecule has 22 heavy (non-hydrogen) atoms. The van der Waals surface area contributed by atoms with E-state index in [1.807, 2.05) is 13.0 Å². The Bertz CT molecular complexity index is 705. The van der Waals surface area contributed by atoms with Gasteiger partial charge in [-0.2, -0.15) is 5.26 Å². The number of ether oxygens (including phenoxy) is 1. The van der Waals surface area contributed by atoms with Crippen LogP contribution in [0.4, 0.5) is 5.82 Å². The number of esters is 1. The average Bonchev–Trinajstić information content (AvgIpc) is 2.90. The van der Waals surface area contributed by atoms with Crippen LogP contribution in [-0.2, 0) is 4.74 Å². The predicted octanol–water partition coefficient (Wildman–Crippen LogP) is 2.46. The molecule has 0 bridgehead atoms. The number of thiazole rings is 1. The molecule has 2 heterocycles. The van der Waals surface area contributed by atoms with Gasteiger partial charge in [0, 0.05) is 0 Å². The van der Waals surface area contributed by atoms with Crippen LogP contribution < -0.4 is 5.32 Å². The largest absolute Gasteiger partial charge is 0.462 e. The molecule has 0 amide bonds. The van der Waals surface area contributed by atoms with Crippen molar-refractivity contribution < 1.29 is 9.53 Å². The molecule has 0 fully saturated rings. The van der Waals surface area contributed by atoms with Gasteiger partial charge in [0.15, 0.2) is 5.69 Å². The summed E-state index contributed by atoms with van der Waals surface area (Å²) < 4.78 is 5.00. The molecule has 2 rings (SSSR count). The molecule has 0 aromatic carbocycles. The van der Waals surface area contributed by atoms with E-state index in [-0.39, 0.29) is 17.7 Å². The number of nitrogens with one attached hydrogen (secondary N) is 1. The highest BCUT2D eigenvalue weighted by molar-refractivity contribution is 7.13. The summed E-state index contributed by atoms with van der Waals surface area (Å²) >= 11 is 1.29. The maximum atomic E-state index is 11.8. The lowest BCUT2D eigenvalue weighted by Crippen LogP contribution is -2.08. The van der Waals surface area contributed by atoms with Crippen LogP contribution >= 0.6 is 11.3 Å². The summed E-state index contributed by atoms with van der Waals surface area (Å²) in [5.74, 6) is 0.186. The van der Waals surface area contributed by atoms with Crippen molar-refractivity contribution in [1.82, 2.24) is 15.0 Å². The van der Waals surface area contributed by atoms with Gasteiger partial charge >= 0.3 is 5.97 Å². The maximum Gasteiger partial charge on any atom is 0.350 e. The molecular weight excluding hydrogens is 302 g/mol. The molecular formula is C14H15N5O2S. The van der Waals surface area contributed by atoms with Gasteiger partial charge in [0.25, 0.3) is 0 Å². The van der Waals surface area contributed by atoms with Gasteiger partial charge < -0.3 is 10.1 Å². The highest BCUT2D eigenvalue weighted by atomic mass is 32.1. The molecule has 0 radical (unpaired) electrons. The fourth-order valence-electron chi connectivity index (χ4n) is 1.73. The van der Waals surface area contributed by atoms with Gasteiger partial charge in [-0.15, -0.1) is 11.3 Å². The first-order valence-corrected chi connectivity index (χ1v) is 7.50. The third-order valence-electron chi connectivity index (χ3n) is 2.78. The zero-order valence-electron chi connectivity index (χ0n) is 12.5. The number of hydrogen-bond donors (Lipinski definition) is 1. The van der Waals surface area contributed by atoms with Crippen molar-refractivity contribution in [3.63, 3.8) is 0 Å². The van der Waals surface area contributed by atoms with E-state index in [2.05, 4.69) is 20.3 Å². The Hall–Kier alpha value is -2.53. The summed E-state index contributed by atoms with van der Waals surface area (Å²) in [7, 11) is 0. The van der Waals surface area contributed by atoms with E-state index in [1.54, 1.807) is 13.8 Å². The lowest BCUT2D eigenvalue weighted by Gasteiger charge is -2.11. The van der Waals surface area contributed by atoms with Crippen molar-refractivity contribution in [1.29, 1.82) is 5.26 Å². The number of anilines is 1. The molecule has 114 valence electrons. The minimum Gasteiger partial charge on any atom is -0.462 e. The van der Waals surface area contributed by atoms with Crippen molar-refractivity contribution in [3.05, 3.63) is 33.7 Å². The van der Waals surface area contributed by atoms with Crippen LogP contribution in [0.2, 0.25) is 0 Å². The van der Waals surface area contributed by atoms with Gasteiger partial charge in [-0.1, -0.05) is 0 Å². The molecule has 0 aliphatic heterocycles. The zero-order chi connectivity index (χ0) is 16.1. The predicted molar refractivity (Wildman–Crippen MR) is 81.6 cm³/mol. The third kappa shape index (κ3) is 3.56. The number of hydrogen-bond acceptors (Lipinski definition) is 8. The topological polar surface area (TPSA) is 101 Å². The molecule has 2 aromatic heterocycles. The number of rotatable bonds is 5. The van der Waals surface area contributed by atoms with Gasteiger partial charge in [0.05, 0.1) is 30.7 Å². The van der Waals surface area contributed by atoms with Crippen molar-refractivity contribution in [2.24, 2.45) is 0 Å². The van der Waals surface area contributed by atoms with Crippen molar-refractivity contribution in [2.45, 2.75) is 26.8 Å². The first-order valence-electron chi connectivity index (χ1n) is 6.68. The lowest BCUT2D eigenvalue weighted by molar-refractivity contribution is 0.0531. The Kier molecular flexibility index (Phi) is 5.01. The summed E-state index contributed by atoms with van der Waals surface area (Å²) in [6, 6.07) is 1.77. The summed E-state index contributed by atoms with van der Waals surface area (Å²) in [6.07, 6.45) is 2.88. The van der Waals surface area contributed by atoms with Crippen LogP contribution in [0, 0.1) is 18.3 Å². The summed E-state index contributed by atoms with van der Waals surface area (Å²) in [5, 5.41) is 12.6. The van der Waals surface area contributed by atoms with E-state index in [0.717, 1.165) is 5.01 Å². The van der Waals surface area contributed by atoms with Crippen molar-refractivity contribution in [3.8, 4) is 6.07 Å². The smallest absolute Gasteiger partial charge is 0.350 e. The number of aryl methyl sites for hydroxylation is 1. The first-order chi connectivity index (χ1) is 10.5. The molecule has 0 spiro atoms. The molecule has 0 aliphatic carbocycles. The molecule has 1 N–H and O–H groups in total. The van der Waals surface area contributed by atoms with Gasteiger partial charge in [-0.25, -0.2) is 19.7 Å². The fraction of sp³-hybridized carbons (Fsp3) is 0.357. The van der Waals surface area contributed by atoms with Gasteiger partial charge in [0.2, 0.25) is 0 Å². The molecule has 1 atom stereocenters. The minimum atomic E-state index is -0.353. The number of carbonyl (C=O) groups excluding carboxylic acids is 1. The number of nitriles is 1. The van der Waals surface area contributed by atoms with Crippen molar-refractivity contribution >= 4 is 23.1 Å². The third-order valence-corrected chi connectivity index (χ3v) is 4.10. The number of aromatic nitrogens is 3. The number of nitrogens with zero attached hydrogens (tertiary/aromatic N) is 4. The van der Waals surface area contributed by atoms with Crippen LogP contribution in [0.15, 0.2) is 12.4 Å². The molecule has 8 heteroatoms. The second kappa shape index (κ2) is 6.95. The van der Waals surface area contributed by atoms with Crippen LogP contribution in [-0.4, -0.2) is 27.5 Å². The Morgan fingerprint density at radius 3 is 2.86 bits per heavy atom. The van der Waals surface area contributed by atoms with E-state index in [9.17, 15) is 4.79 Å². The van der Waals surface area contributed by atoms with Crippen LogP contribution in [0.5, 0.6) is 0 Å². The summed E-state index contributed by atoms with van der Waals surface area (Å²) in [6.45, 7) is 5.79. The van der Waals surface area contributed by atoms with Crippen LogP contribution in [0.3, 0.4) is 0 Å². The van der Waals surface area contributed by atoms with Crippen LogP contribution in [0.25, 0.3) is 0 Å². The Balaban J connectivity index is 2.12. The van der Waals surface area contributed by atoms with E-state index in [1.165, 1.54) is 23.7 Å². The van der Waals surface area contributed by atoms with Crippen LogP contribution in [0.1, 0.15) is 46.0 Å². The molecule has 2 aromatic rings. The van der Waals surface area contributed by atoms with Gasteiger partial charge in [0.1, 0.15) is 21.8 Å². The lowest BCUT2D eigenvalue weighted by atomic mass is 10.3. The Morgan fingerprint density at radius 2 is 2.27 bits per heavy atom. The Morgan fingerprint density at radius 1 is 1.50 bits per heavy atom. The van der Waals surface area contributed by atoms with E-state index in [4.69, 9.17) is 10.00 Å². The quantitative estimate of drug-likeness (QED) is 0.845. The molecule has 0 aliphatic rings. The Labute approximate surface area is 132 Å². The average molecular weight is 317 g/mol. The highest BCUT2D eigenvalue weighted by Gasteiger charge is 2.19. The van der Waals surface area contributed by atoms with Gasteiger partial charge in [-0.05, 0) is 20.8 Å². The fourth-order valence-corrected chi connectivity index (χ4v) is 2.70. The SMILES string of the molecule is CCOC(=O)c1sc(C(C)Nc2cnc(C#N)cn2)nc1C. The standard InChI is InChI=1S/C14H15N5O2S/c1-4-21-14(20)12-8(2)19-13(22-12)9(3)18-11-7-16-10(5-15)6-17-11/h6-7,9H,4H2,1-3H3,(H,17,18). The highest BCUT2D eigenvalue weighted by Crippen LogP contribution is 2.26. The molecule has 0 saturated heterocycles. The number of carbonyl (C=O) groups is 1. The zero-order valence-corrected chi connectivity index (χ0v) is 13.3. The second-order valence-electron chi connectivity index (χ2n) is 4.45.